The number of nitro groups is 1. The van der Waals surface area contributed by atoms with E-state index in [1.54, 1.807) is 12.1 Å². The van der Waals surface area contributed by atoms with Gasteiger partial charge in [-0.3, -0.25) is 10.1 Å². The van der Waals surface area contributed by atoms with Crippen LogP contribution in [0.4, 0.5) is 20.6 Å². The van der Waals surface area contributed by atoms with Gasteiger partial charge >= 0.3 is 6.03 Å². The molecule has 2 aromatic rings. The number of hydrogen-bond donors (Lipinski definition) is 2. The third kappa shape index (κ3) is 4.79. The van der Waals surface area contributed by atoms with Gasteiger partial charge in [0.05, 0.1) is 4.92 Å². The summed E-state index contributed by atoms with van der Waals surface area (Å²) in [5.41, 5.74) is 0.491. The van der Waals surface area contributed by atoms with Crippen LogP contribution < -0.4 is 10.6 Å². The number of carbonyl (C=O) groups excluding carboxylic acids is 1. The first-order valence-electron chi connectivity index (χ1n) is 6.39. The number of halogens is 2. The number of anilines is 1. The van der Waals surface area contributed by atoms with Crippen molar-refractivity contribution in [3.8, 4) is 0 Å². The van der Waals surface area contributed by atoms with E-state index in [-0.39, 0.29) is 22.2 Å². The van der Waals surface area contributed by atoms with Crippen LogP contribution in [0.1, 0.15) is 5.56 Å². The maximum Gasteiger partial charge on any atom is 0.323 e. The highest BCUT2D eigenvalue weighted by Crippen LogP contribution is 2.27. The van der Waals surface area contributed by atoms with E-state index in [2.05, 4.69) is 10.6 Å². The average Bonchev–Trinajstić information content (AvgIpc) is 2.49. The molecular formula is C15H11ClFN3O3. The second kappa shape index (κ2) is 7.37. The Balaban J connectivity index is 1.97. The average molecular weight is 336 g/mol. The second-order valence-corrected chi connectivity index (χ2v) is 4.82. The Labute approximate surface area is 135 Å². The Morgan fingerprint density at radius 2 is 2.04 bits per heavy atom. The molecule has 0 aromatic heterocycles. The number of rotatable bonds is 4. The van der Waals surface area contributed by atoms with Crippen molar-refractivity contribution in [1.29, 1.82) is 0 Å². The molecule has 2 aromatic carbocycles. The van der Waals surface area contributed by atoms with Gasteiger partial charge in [-0.05, 0) is 35.9 Å². The van der Waals surface area contributed by atoms with Crippen LogP contribution in [0, 0.1) is 15.9 Å². The van der Waals surface area contributed by atoms with Gasteiger partial charge in [0, 0.05) is 18.0 Å². The maximum absolute atomic E-state index is 13.0. The van der Waals surface area contributed by atoms with Gasteiger partial charge in [-0.1, -0.05) is 23.7 Å². The molecular weight excluding hydrogens is 325 g/mol. The predicted molar refractivity (Wildman–Crippen MR) is 85.7 cm³/mol. The lowest BCUT2D eigenvalue weighted by Crippen LogP contribution is -2.23. The molecule has 2 rings (SSSR count). The zero-order valence-electron chi connectivity index (χ0n) is 11.6. The fourth-order valence-electron chi connectivity index (χ4n) is 1.72. The topological polar surface area (TPSA) is 84.3 Å². The van der Waals surface area contributed by atoms with Crippen molar-refractivity contribution in [1.82, 2.24) is 5.32 Å². The normalized spacial score (nSPS) is 10.5. The molecule has 0 fully saturated rings. The molecule has 0 radical (unpaired) electrons. The van der Waals surface area contributed by atoms with Crippen LogP contribution in [0.15, 0.2) is 48.7 Å². The minimum atomic E-state index is -0.644. The number of nitro benzene ring substituents is 1. The van der Waals surface area contributed by atoms with Crippen LogP contribution in [0.25, 0.3) is 6.08 Å². The second-order valence-electron chi connectivity index (χ2n) is 4.41. The molecule has 0 saturated heterocycles. The Morgan fingerprint density at radius 1 is 1.26 bits per heavy atom. The van der Waals surface area contributed by atoms with Crippen LogP contribution in [0.3, 0.4) is 0 Å². The molecule has 2 amide bonds. The van der Waals surface area contributed by atoms with E-state index in [0.29, 0.717) is 5.56 Å². The summed E-state index contributed by atoms with van der Waals surface area (Å²) in [4.78, 5) is 21.8. The molecule has 0 unspecified atom stereocenters. The van der Waals surface area contributed by atoms with Gasteiger partial charge in [0.2, 0.25) is 0 Å². The van der Waals surface area contributed by atoms with Crippen molar-refractivity contribution in [2.45, 2.75) is 0 Å². The van der Waals surface area contributed by atoms with Gasteiger partial charge in [0.15, 0.2) is 0 Å². The summed E-state index contributed by atoms with van der Waals surface area (Å²) >= 11 is 5.68. The van der Waals surface area contributed by atoms with E-state index in [9.17, 15) is 19.3 Å². The van der Waals surface area contributed by atoms with Crippen LogP contribution in [-0.2, 0) is 0 Å². The van der Waals surface area contributed by atoms with Crippen molar-refractivity contribution in [3.63, 3.8) is 0 Å². The molecule has 0 spiro atoms. The molecule has 0 saturated carbocycles. The van der Waals surface area contributed by atoms with Gasteiger partial charge in [-0.2, -0.15) is 0 Å². The SMILES string of the molecule is O=C(N/C=C/c1cccc(F)c1)Nc1ccc(Cl)c([N+](=O)[O-])c1. The van der Waals surface area contributed by atoms with Gasteiger partial charge in [-0.25, -0.2) is 9.18 Å². The summed E-state index contributed by atoms with van der Waals surface area (Å²) in [6, 6.07) is 9.13. The Hall–Kier alpha value is -2.93. The number of amides is 2. The van der Waals surface area contributed by atoms with Crippen LogP contribution >= 0.6 is 11.6 Å². The molecule has 0 aliphatic heterocycles. The highest BCUT2D eigenvalue weighted by atomic mass is 35.5. The molecule has 23 heavy (non-hydrogen) atoms. The smallest absolute Gasteiger partial charge is 0.314 e. The summed E-state index contributed by atoms with van der Waals surface area (Å²) in [6.07, 6.45) is 2.83. The van der Waals surface area contributed by atoms with Crippen molar-refractivity contribution in [3.05, 3.63) is 75.2 Å². The summed E-state index contributed by atoms with van der Waals surface area (Å²) in [5, 5.41) is 15.6. The lowest BCUT2D eigenvalue weighted by Gasteiger charge is -2.05. The minimum Gasteiger partial charge on any atom is -0.314 e. The molecule has 0 atom stereocenters. The highest BCUT2D eigenvalue weighted by Gasteiger charge is 2.13. The monoisotopic (exact) mass is 335 g/mol. The van der Waals surface area contributed by atoms with Crippen LogP contribution in [0.5, 0.6) is 0 Å². The predicted octanol–water partition coefficient (Wildman–Crippen LogP) is 4.18. The zero-order chi connectivity index (χ0) is 16.8. The largest absolute Gasteiger partial charge is 0.323 e. The molecule has 0 aliphatic carbocycles. The number of benzene rings is 2. The fraction of sp³-hybridized carbons (Fsp3) is 0. The quantitative estimate of drug-likeness (QED) is 0.649. The summed E-state index contributed by atoms with van der Waals surface area (Å²) < 4.78 is 13.0. The van der Waals surface area contributed by atoms with E-state index in [1.165, 1.54) is 36.5 Å². The van der Waals surface area contributed by atoms with Crippen molar-refractivity contribution >= 4 is 35.1 Å². The molecule has 2 N–H and O–H groups in total. The van der Waals surface area contributed by atoms with E-state index in [0.717, 1.165) is 6.07 Å². The molecule has 118 valence electrons. The lowest BCUT2D eigenvalue weighted by molar-refractivity contribution is -0.384. The minimum absolute atomic E-state index is 0.0213. The summed E-state index contributed by atoms with van der Waals surface area (Å²) in [5.74, 6) is -0.384. The third-order valence-corrected chi connectivity index (χ3v) is 3.06. The number of carbonyl (C=O) groups is 1. The molecule has 6 nitrogen and oxygen atoms in total. The Morgan fingerprint density at radius 3 is 2.74 bits per heavy atom. The molecule has 0 aliphatic rings. The third-order valence-electron chi connectivity index (χ3n) is 2.74. The van der Waals surface area contributed by atoms with Gasteiger partial charge in [-0.15, -0.1) is 0 Å². The van der Waals surface area contributed by atoms with Crippen LogP contribution in [-0.4, -0.2) is 11.0 Å². The first-order chi connectivity index (χ1) is 11.0. The Kier molecular flexibility index (Phi) is 5.27. The van der Waals surface area contributed by atoms with E-state index in [1.807, 2.05) is 0 Å². The first-order valence-corrected chi connectivity index (χ1v) is 6.77. The van der Waals surface area contributed by atoms with Crippen molar-refractivity contribution in [2.24, 2.45) is 0 Å². The number of nitrogens with one attached hydrogen (secondary N) is 2. The fourth-order valence-corrected chi connectivity index (χ4v) is 1.91. The first kappa shape index (κ1) is 16.4. The lowest BCUT2D eigenvalue weighted by atomic mass is 10.2. The summed E-state index contributed by atoms with van der Waals surface area (Å²) in [6.45, 7) is 0. The number of nitrogens with zero attached hydrogens (tertiary/aromatic N) is 1. The number of hydrogen-bond acceptors (Lipinski definition) is 3. The Bertz CT molecular complexity index is 780. The van der Waals surface area contributed by atoms with E-state index >= 15 is 0 Å². The molecule has 0 bridgehead atoms. The number of urea groups is 1. The summed E-state index contributed by atoms with van der Waals surface area (Å²) in [7, 11) is 0. The van der Waals surface area contributed by atoms with Crippen LogP contribution in [0.2, 0.25) is 5.02 Å². The molecule has 0 heterocycles. The van der Waals surface area contributed by atoms with Gasteiger partial charge < -0.3 is 10.6 Å². The van der Waals surface area contributed by atoms with Crippen molar-refractivity contribution < 1.29 is 14.1 Å². The van der Waals surface area contributed by atoms with Crippen molar-refractivity contribution in [2.75, 3.05) is 5.32 Å². The zero-order valence-corrected chi connectivity index (χ0v) is 12.4. The highest BCUT2D eigenvalue weighted by molar-refractivity contribution is 6.32. The van der Waals surface area contributed by atoms with E-state index in [4.69, 9.17) is 11.6 Å². The van der Waals surface area contributed by atoms with Gasteiger partial charge in [0.25, 0.3) is 5.69 Å². The van der Waals surface area contributed by atoms with E-state index < -0.39 is 11.0 Å². The standard InChI is InChI=1S/C15H11ClFN3O3/c16-13-5-4-12(9-14(13)20(22)23)19-15(21)18-7-6-10-2-1-3-11(17)8-10/h1-9H,(H2,18,19,21)/b7-6+. The maximum atomic E-state index is 13.0. The molecule has 8 heteroatoms. The van der Waals surface area contributed by atoms with Gasteiger partial charge in [0.1, 0.15) is 10.8 Å².